The monoisotopic (exact) mass is 288 g/mol. The number of halogens is 1. The van der Waals surface area contributed by atoms with Crippen LogP contribution in [0.3, 0.4) is 0 Å². The highest BCUT2D eigenvalue weighted by Crippen LogP contribution is 2.21. The number of carbonyl (C=O) groups excluding carboxylic acids is 1. The minimum absolute atomic E-state index is 0.0866. The van der Waals surface area contributed by atoms with Crippen LogP contribution in [0.1, 0.15) is 15.9 Å². The highest BCUT2D eigenvalue weighted by atomic mass is 19.1. The summed E-state index contributed by atoms with van der Waals surface area (Å²) in [6, 6.07) is 11.3. The van der Waals surface area contributed by atoms with Gasteiger partial charge >= 0.3 is 0 Å². The summed E-state index contributed by atoms with van der Waals surface area (Å²) in [5.74, 6) is -0.410. The zero-order chi connectivity index (χ0) is 15.2. The molecule has 0 aliphatic heterocycles. The molecule has 0 unspecified atom stereocenters. The summed E-state index contributed by atoms with van der Waals surface area (Å²) >= 11 is 0. The molecule has 0 fully saturated rings. The lowest BCUT2D eigenvalue weighted by molar-refractivity contribution is 0.102. The van der Waals surface area contributed by atoms with Gasteiger partial charge < -0.3 is 15.8 Å². The quantitative estimate of drug-likeness (QED) is 0.888. The average Bonchev–Trinajstić information content (AvgIpc) is 2.50. The van der Waals surface area contributed by atoms with E-state index < -0.39 is 5.82 Å². The predicted molar refractivity (Wildman–Crippen MR) is 80.1 cm³/mol. The maximum Gasteiger partial charge on any atom is 0.255 e. The van der Waals surface area contributed by atoms with Gasteiger partial charge in [0.2, 0.25) is 0 Å². The van der Waals surface area contributed by atoms with Gasteiger partial charge in [-0.05, 0) is 42.8 Å². The van der Waals surface area contributed by atoms with Gasteiger partial charge in [-0.2, -0.15) is 0 Å². The second-order valence-electron chi connectivity index (χ2n) is 4.54. The van der Waals surface area contributed by atoms with E-state index >= 15 is 0 Å². The summed E-state index contributed by atoms with van der Waals surface area (Å²) in [5, 5.41) is 2.55. The molecule has 2 aromatic rings. The first-order valence-corrected chi connectivity index (χ1v) is 6.58. The van der Waals surface area contributed by atoms with E-state index in [2.05, 4.69) is 5.32 Å². The van der Waals surface area contributed by atoms with Gasteiger partial charge in [-0.25, -0.2) is 4.39 Å². The van der Waals surface area contributed by atoms with Crippen LogP contribution >= 0.6 is 0 Å². The minimum atomic E-state index is -0.512. The third-order valence-electron chi connectivity index (χ3n) is 3.04. The van der Waals surface area contributed by atoms with Crippen molar-refractivity contribution in [1.29, 1.82) is 0 Å². The summed E-state index contributed by atoms with van der Waals surface area (Å²) in [7, 11) is 1.48. The first-order valence-electron chi connectivity index (χ1n) is 6.58. The van der Waals surface area contributed by atoms with Gasteiger partial charge in [-0.3, -0.25) is 4.79 Å². The van der Waals surface area contributed by atoms with Crippen molar-refractivity contribution in [3.05, 3.63) is 59.4 Å². The van der Waals surface area contributed by atoms with E-state index in [1.165, 1.54) is 25.3 Å². The maximum absolute atomic E-state index is 13.7. The first kappa shape index (κ1) is 15.0. The Morgan fingerprint density at radius 2 is 2.10 bits per heavy atom. The summed E-state index contributed by atoms with van der Waals surface area (Å²) in [4.78, 5) is 12.2. The van der Waals surface area contributed by atoms with E-state index in [-0.39, 0.29) is 11.6 Å². The molecule has 0 spiro atoms. The Bertz CT molecular complexity index is 644. The molecule has 2 aromatic carbocycles. The van der Waals surface area contributed by atoms with Crippen LogP contribution in [0, 0.1) is 5.82 Å². The van der Waals surface area contributed by atoms with Gasteiger partial charge in [0, 0.05) is 11.6 Å². The maximum atomic E-state index is 13.7. The second-order valence-corrected chi connectivity index (χ2v) is 4.54. The van der Waals surface area contributed by atoms with Crippen LogP contribution < -0.4 is 15.8 Å². The molecule has 0 saturated heterocycles. The Morgan fingerprint density at radius 1 is 1.29 bits per heavy atom. The van der Waals surface area contributed by atoms with Gasteiger partial charge in [-0.1, -0.05) is 12.1 Å². The van der Waals surface area contributed by atoms with Crippen LogP contribution in [-0.2, 0) is 6.42 Å². The molecule has 5 heteroatoms. The molecule has 0 heterocycles. The molecule has 1 amide bonds. The molecule has 2 rings (SSSR count). The summed E-state index contributed by atoms with van der Waals surface area (Å²) in [6.07, 6.45) is 0.689. The van der Waals surface area contributed by atoms with Crippen LogP contribution in [0.5, 0.6) is 5.75 Å². The van der Waals surface area contributed by atoms with Crippen molar-refractivity contribution in [3.8, 4) is 5.75 Å². The molecule has 0 radical (unpaired) electrons. The van der Waals surface area contributed by atoms with E-state index in [0.717, 1.165) is 5.56 Å². The Labute approximate surface area is 122 Å². The van der Waals surface area contributed by atoms with Crippen LogP contribution in [0.2, 0.25) is 0 Å². The number of nitrogens with two attached hydrogens (primary N) is 1. The number of carbonyl (C=O) groups is 1. The molecule has 0 atom stereocenters. The molecule has 0 aliphatic carbocycles. The number of nitrogens with one attached hydrogen (secondary N) is 1. The number of hydrogen-bond donors (Lipinski definition) is 2. The van der Waals surface area contributed by atoms with Crippen LogP contribution in [0.25, 0.3) is 0 Å². The van der Waals surface area contributed by atoms with E-state index in [4.69, 9.17) is 10.5 Å². The van der Waals surface area contributed by atoms with Crippen molar-refractivity contribution >= 4 is 11.6 Å². The van der Waals surface area contributed by atoms with Crippen LogP contribution in [-0.4, -0.2) is 19.6 Å². The molecule has 0 saturated carbocycles. The third kappa shape index (κ3) is 3.79. The second kappa shape index (κ2) is 6.85. The largest absolute Gasteiger partial charge is 0.497 e. The van der Waals surface area contributed by atoms with Crippen molar-refractivity contribution < 1.29 is 13.9 Å². The highest BCUT2D eigenvalue weighted by molar-refractivity contribution is 6.04. The van der Waals surface area contributed by atoms with Crippen molar-refractivity contribution in [1.82, 2.24) is 0 Å². The molecular weight excluding hydrogens is 271 g/mol. The van der Waals surface area contributed by atoms with Crippen molar-refractivity contribution in [2.45, 2.75) is 6.42 Å². The summed E-state index contributed by atoms with van der Waals surface area (Å²) < 4.78 is 18.7. The van der Waals surface area contributed by atoms with Gasteiger partial charge in [0.15, 0.2) is 0 Å². The number of methoxy groups -OCH3 is 1. The summed E-state index contributed by atoms with van der Waals surface area (Å²) in [6.45, 7) is 0.510. The molecule has 110 valence electrons. The van der Waals surface area contributed by atoms with Crippen molar-refractivity contribution in [2.75, 3.05) is 19.0 Å². The first-order chi connectivity index (χ1) is 10.1. The fourth-order valence-corrected chi connectivity index (χ4v) is 1.96. The zero-order valence-corrected chi connectivity index (χ0v) is 11.7. The van der Waals surface area contributed by atoms with Gasteiger partial charge in [0.1, 0.15) is 11.6 Å². The zero-order valence-electron chi connectivity index (χ0n) is 11.7. The topological polar surface area (TPSA) is 64.3 Å². The van der Waals surface area contributed by atoms with Crippen LogP contribution in [0.15, 0.2) is 42.5 Å². The van der Waals surface area contributed by atoms with E-state index in [1.807, 2.05) is 6.07 Å². The Balaban J connectivity index is 2.19. The highest BCUT2D eigenvalue weighted by Gasteiger charge is 2.10. The molecule has 0 aliphatic rings. The van der Waals surface area contributed by atoms with Gasteiger partial charge in [0.05, 0.1) is 12.8 Å². The lowest BCUT2D eigenvalue weighted by atomic mass is 10.1. The van der Waals surface area contributed by atoms with Gasteiger partial charge in [0.25, 0.3) is 5.91 Å². The molecule has 0 aromatic heterocycles. The number of hydrogen-bond acceptors (Lipinski definition) is 3. The van der Waals surface area contributed by atoms with Crippen LogP contribution in [0.4, 0.5) is 10.1 Å². The molecule has 21 heavy (non-hydrogen) atoms. The van der Waals surface area contributed by atoms with Gasteiger partial charge in [-0.15, -0.1) is 0 Å². The number of rotatable bonds is 5. The molecule has 3 N–H and O–H groups in total. The molecule has 0 bridgehead atoms. The van der Waals surface area contributed by atoms with Crippen molar-refractivity contribution in [2.24, 2.45) is 5.73 Å². The third-order valence-corrected chi connectivity index (χ3v) is 3.04. The van der Waals surface area contributed by atoms with E-state index in [1.54, 1.807) is 18.2 Å². The van der Waals surface area contributed by atoms with Crippen molar-refractivity contribution in [3.63, 3.8) is 0 Å². The normalized spacial score (nSPS) is 10.2. The fraction of sp³-hybridized carbons (Fsp3) is 0.188. The Kier molecular flexibility index (Phi) is 4.90. The smallest absolute Gasteiger partial charge is 0.255 e. The Hall–Kier alpha value is -2.40. The molecular formula is C16H17FN2O2. The number of amides is 1. The standard InChI is InChI=1S/C16H17FN2O2/c1-21-13-5-6-14(17)15(10-13)19-16(20)12-4-2-3-11(9-12)7-8-18/h2-6,9-10H,7-8,18H2,1H3,(H,19,20). The van der Waals surface area contributed by atoms with E-state index in [9.17, 15) is 9.18 Å². The number of anilines is 1. The molecule has 4 nitrogen and oxygen atoms in total. The Morgan fingerprint density at radius 3 is 2.81 bits per heavy atom. The minimum Gasteiger partial charge on any atom is -0.497 e. The fourth-order valence-electron chi connectivity index (χ4n) is 1.96. The average molecular weight is 288 g/mol. The summed E-state index contributed by atoms with van der Waals surface area (Å²) in [5.41, 5.74) is 7.01. The van der Waals surface area contributed by atoms with E-state index in [0.29, 0.717) is 24.3 Å². The lowest BCUT2D eigenvalue weighted by Crippen LogP contribution is -2.13. The SMILES string of the molecule is COc1ccc(F)c(NC(=O)c2cccc(CCN)c2)c1. The predicted octanol–water partition coefficient (Wildman–Crippen LogP) is 2.59. The number of ether oxygens (including phenoxy) is 1. The lowest BCUT2D eigenvalue weighted by Gasteiger charge is -2.09. The number of benzene rings is 2.